The van der Waals surface area contributed by atoms with Crippen LogP contribution in [0.4, 0.5) is 10.1 Å². The van der Waals surface area contributed by atoms with E-state index in [-0.39, 0.29) is 16.7 Å². The van der Waals surface area contributed by atoms with E-state index in [0.717, 1.165) is 0 Å². The maximum absolute atomic E-state index is 13.1. The van der Waals surface area contributed by atoms with Gasteiger partial charge in [-0.05, 0) is 60.3 Å². The lowest BCUT2D eigenvalue weighted by atomic mass is 10.1. The molecule has 0 aromatic heterocycles. The van der Waals surface area contributed by atoms with Gasteiger partial charge in [0, 0.05) is 0 Å². The minimum absolute atomic E-state index is 0.213. The van der Waals surface area contributed by atoms with Gasteiger partial charge in [-0.1, -0.05) is 0 Å². The molecule has 8 heteroatoms. The van der Waals surface area contributed by atoms with E-state index in [1.807, 2.05) is 0 Å². The fourth-order valence-electron chi connectivity index (χ4n) is 2.71. The highest BCUT2D eigenvalue weighted by molar-refractivity contribution is 7.80. The number of nitrogens with one attached hydrogen (secondary N) is 1. The summed E-state index contributed by atoms with van der Waals surface area (Å²) in [7, 11) is 4.54. The van der Waals surface area contributed by atoms with Crippen LogP contribution in [0.1, 0.15) is 5.56 Å². The van der Waals surface area contributed by atoms with Gasteiger partial charge in [0.25, 0.3) is 5.91 Å². The fraction of sp³-hybridized carbons (Fsp3) is 0.158. The average molecular weight is 388 g/mol. The molecule has 0 radical (unpaired) electrons. The van der Waals surface area contributed by atoms with Crippen LogP contribution in [0.2, 0.25) is 0 Å². The molecule has 0 saturated carbocycles. The molecular formula is C19H17FN2O4S. The Hall–Kier alpha value is -3.13. The molecule has 6 nitrogen and oxygen atoms in total. The Kier molecular flexibility index (Phi) is 5.27. The number of hydrogen-bond acceptors (Lipinski definition) is 5. The van der Waals surface area contributed by atoms with Crippen molar-refractivity contribution in [2.45, 2.75) is 0 Å². The first-order valence-electron chi connectivity index (χ1n) is 7.91. The summed E-state index contributed by atoms with van der Waals surface area (Å²) in [6.07, 6.45) is 1.63. The molecular weight excluding hydrogens is 371 g/mol. The van der Waals surface area contributed by atoms with Crippen molar-refractivity contribution in [2.24, 2.45) is 0 Å². The standard InChI is InChI=1S/C19H17FN2O4S/c1-24-15-9-11(10-16(25-2)17(15)26-3)8-14-18(23)22(19(27)21-14)13-6-4-12(20)5-7-13/h4-10H,1-3H3,(H,21,27). The Labute approximate surface area is 161 Å². The predicted octanol–water partition coefficient (Wildman–Crippen LogP) is 3.11. The van der Waals surface area contributed by atoms with Gasteiger partial charge in [-0.2, -0.15) is 0 Å². The van der Waals surface area contributed by atoms with Crippen molar-refractivity contribution < 1.29 is 23.4 Å². The third-order valence-electron chi connectivity index (χ3n) is 3.96. The molecule has 1 heterocycles. The zero-order valence-corrected chi connectivity index (χ0v) is 15.7. The fourth-order valence-corrected chi connectivity index (χ4v) is 3.01. The number of methoxy groups -OCH3 is 3. The highest BCUT2D eigenvalue weighted by Gasteiger charge is 2.32. The second-order valence-electron chi connectivity index (χ2n) is 5.56. The van der Waals surface area contributed by atoms with Gasteiger partial charge in [0.2, 0.25) is 5.75 Å². The van der Waals surface area contributed by atoms with Crippen molar-refractivity contribution in [3.63, 3.8) is 0 Å². The Bertz CT molecular complexity index is 903. The van der Waals surface area contributed by atoms with E-state index in [1.165, 1.54) is 50.5 Å². The molecule has 1 saturated heterocycles. The third kappa shape index (κ3) is 3.56. The van der Waals surface area contributed by atoms with E-state index in [2.05, 4.69) is 5.32 Å². The smallest absolute Gasteiger partial charge is 0.281 e. The van der Waals surface area contributed by atoms with Crippen molar-refractivity contribution in [2.75, 3.05) is 26.2 Å². The van der Waals surface area contributed by atoms with Gasteiger partial charge in [0.15, 0.2) is 16.6 Å². The number of rotatable bonds is 5. The monoisotopic (exact) mass is 388 g/mol. The van der Waals surface area contributed by atoms with Gasteiger partial charge >= 0.3 is 0 Å². The maximum atomic E-state index is 13.1. The first-order valence-corrected chi connectivity index (χ1v) is 8.32. The molecule has 3 rings (SSSR count). The molecule has 0 atom stereocenters. The highest BCUT2D eigenvalue weighted by Crippen LogP contribution is 2.39. The molecule has 2 aromatic rings. The molecule has 2 aromatic carbocycles. The van der Waals surface area contributed by atoms with Crippen molar-refractivity contribution in [1.29, 1.82) is 0 Å². The molecule has 0 spiro atoms. The number of amides is 1. The second-order valence-corrected chi connectivity index (χ2v) is 5.95. The van der Waals surface area contributed by atoms with Gasteiger partial charge in [-0.3, -0.25) is 9.69 Å². The van der Waals surface area contributed by atoms with Crippen molar-refractivity contribution >= 4 is 35.0 Å². The Morgan fingerprint density at radius 1 is 1.04 bits per heavy atom. The largest absolute Gasteiger partial charge is 0.493 e. The zero-order valence-electron chi connectivity index (χ0n) is 14.9. The van der Waals surface area contributed by atoms with Crippen LogP contribution in [0.15, 0.2) is 42.1 Å². The Morgan fingerprint density at radius 3 is 2.15 bits per heavy atom. The number of ether oxygens (including phenoxy) is 3. The van der Waals surface area contributed by atoms with Crippen molar-refractivity contribution in [3.8, 4) is 17.2 Å². The lowest BCUT2D eigenvalue weighted by molar-refractivity contribution is -0.113. The molecule has 1 aliphatic rings. The van der Waals surface area contributed by atoms with E-state index >= 15 is 0 Å². The quantitative estimate of drug-likeness (QED) is 0.627. The van der Waals surface area contributed by atoms with Crippen LogP contribution in [0.5, 0.6) is 17.2 Å². The Morgan fingerprint density at radius 2 is 1.63 bits per heavy atom. The highest BCUT2D eigenvalue weighted by atomic mass is 32.1. The molecule has 1 fully saturated rings. The lowest BCUT2D eigenvalue weighted by Gasteiger charge is -2.13. The number of anilines is 1. The van der Waals surface area contributed by atoms with Gasteiger partial charge in [-0.15, -0.1) is 0 Å². The van der Waals surface area contributed by atoms with E-state index < -0.39 is 5.82 Å². The number of thiocarbonyl (C=S) groups is 1. The van der Waals surface area contributed by atoms with Crippen LogP contribution in [-0.4, -0.2) is 32.3 Å². The van der Waals surface area contributed by atoms with Crippen molar-refractivity contribution in [3.05, 3.63) is 53.5 Å². The molecule has 1 N–H and O–H groups in total. The zero-order chi connectivity index (χ0) is 19.6. The first-order chi connectivity index (χ1) is 13.0. The molecule has 1 aliphatic heterocycles. The maximum Gasteiger partial charge on any atom is 0.281 e. The number of hydrogen-bond donors (Lipinski definition) is 1. The van der Waals surface area contributed by atoms with Crippen LogP contribution in [0, 0.1) is 5.82 Å². The molecule has 27 heavy (non-hydrogen) atoms. The minimum Gasteiger partial charge on any atom is -0.493 e. The first kappa shape index (κ1) is 18.7. The van der Waals surface area contributed by atoms with Crippen LogP contribution in [0.25, 0.3) is 6.08 Å². The van der Waals surface area contributed by atoms with E-state index in [1.54, 1.807) is 18.2 Å². The summed E-state index contributed by atoms with van der Waals surface area (Å²) in [5, 5.41) is 3.09. The number of carbonyl (C=O) groups excluding carboxylic acids is 1. The molecule has 140 valence electrons. The van der Waals surface area contributed by atoms with Gasteiger partial charge in [-0.25, -0.2) is 4.39 Å². The SMILES string of the molecule is COc1cc(C=C2NC(=S)N(c3ccc(F)cc3)C2=O)cc(OC)c1OC. The van der Waals surface area contributed by atoms with Gasteiger partial charge in [0.05, 0.1) is 27.0 Å². The number of benzene rings is 2. The normalized spacial score (nSPS) is 15.1. The summed E-state index contributed by atoms with van der Waals surface area (Å²) in [6.45, 7) is 0. The van der Waals surface area contributed by atoms with E-state index in [0.29, 0.717) is 28.5 Å². The van der Waals surface area contributed by atoms with Gasteiger partial charge in [0.1, 0.15) is 11.5 Å². The van der Waals surface area contributed by atoms with Crippen LogP contribution >= 0.6 is 12.2 Å². The minimum atomic E-state index is -0.391. The Balaban J connectivity index is 1.97. The predicted molar refractivity (Wildman–Crippen MR) is 104 cm³/mol. The summed E-state index contributed by atoms with van der Waals surface area (Å²) < 4.78 is 29.1. The molecule has 0 bridgehead atoms. The summed E-state index contributed by atoms with van der Waals surface area (Å²) in [5.74, 6) is 0.647. The molecule has 0 unspecified atom stereocenters. The molecule has 1 amide bonds. The number of nitrogens with zero attached hydrogens (tertiary/aromatic N) is 1. The summed E-state index contributed by atoms with van der Waals surface area (Å²) >= 11 is 5.25. The summed E-state index contributed by atoms with van der Waals surface area (Å²) in [5.41, 5.74) is 1.41. The topological polar surface area (TPSA) is 60.0 Å². The second kappa shape index (κ2) is 7.63. The number of halogens is 1. The number of carbonyl (C=O) groups is 1. The van der Waals surface area contributed by atoms with Crippen LogP contribution in [-0.2, 0) is 4.79 Å². The van der Waals surface area contributed by atoms with Crippen LogP contribution < -0.4 is 24.4 Å². The van der Waals surface area contributed by atoms with Crippen molar-refractivity contribution in [1.82, 2.24) is 5.32 Å². The lowest BCUT2D eigenvalue weighted by Crippen LogP contribution is -2.30. The third-order valence-corrected chi connectivity index (χ3v) is 4.25. The van der Waals surface area contributed by atoms with Gasteiger partial charge < -0.3 is 19.5 Å². The average Bonchev–Trinajstić information content (AvgIpc) is 2.95. The van der Waals surface area contributed by atoms with E-state index in [4.69, 9.17) is 26.4 Å². The van der Waals surface area contributed by atoms with Crippen LogP contribution in [0.3, 0.4) is 0 Å². The molecule has 0 aliphatic carbocycles. The summed E-state index contributed by atoms with van der Waals surface area (Å²) in [6, 6.07) is 8.95. The summed E-state index contributed by atoms with van der Waals surface area (Å²) in [4.78, 5) is 14.1. The van der Waals surface area contributed by atoms with E-state index in [9.17, 15) is 9.18 Å².